The smallest absolute Gasteiger partial charge is 0.339 e. The number of hydrogen-bond donors (Lipinski definition) is 1. The normalized spacial score (nSPS) is 16.6. The molecule has 6 heteroatoms. The summed E-state index contributed by atoms with van der Waals surface area (Å²) in [6.45, 7) is 0. The predicted octanol–water partition coefficient (Wildman–Crippen LogP) is 1.21. The summed E-state index contributed by atoms with van der Waals surface area (Å²) in [4.78, 5) is 39.6. The number of pyridine rings is 1. The molecule has 0 unspecified atom stereocenters. The number of hydrogen-bond acceptors (Lipinski definition) is 4. The van der Waals surface area contributed by atoms with Gasteiger partial charge in [0.25, 0.3) is 0 Å². The van der Waals surface area contributed by atoms with Crippen LogP contribution in [0.2, 0.25) is 0 Å². The monoisotopic (exact) mass is 248 g/mol. The minimum Gasteiger partial charge on any atom is -0.478 e. The van der Waals surface area contributed by atoms with Crippen molar-refractivity contribution in [3.8, 4) is 0 Å². The standard InChI is InChI=1S/C12H12N2O4/c15-9-5-1-2-6-10(16)14(9)11-8(12(17)18)4-3-7-13-11/h3-4,7H,1-2,5-6H2,(H,17,18). The highest BCUT2D eigenvalue weighted by molar-refractivity contribution is 6.17. The minimum absolute atomic E-state index is 0.0816. The number of anilines is 1. The number of carbonyl (C=O) groups is 3. The van der Waals surface area contributed by atoms with E-state index in [-0.39, 0.29) is 24.2 Å². The number of nitrogens with zero attached hydrogens (tertiary/aromatic N) is 2. The van der Waals surface area contributed by atoms with E-state index in [2.05, 4.69) is 4.98 Å². The minimum atomic E-state index is -1.21. The van der Waals surface area contributed by atoms with Gasteiger partial charge in [-0.3, -0.25) is 9.59 Å². The van der Waals surface area contributed by atoms with Crippen LogP contribution in [-0.4, -0.2) is 27.9 Å². The van der Waals surface area contributed by atoms with Gasteiger partial charge < -0.3 is 5.11 Å². The van der Waals surface area contributed by atoms with E-state index in [0.717, 1.165) is 4.90 Å². The van der Waals surface area contributed by atoms with Crippen molar-refractivity contribution in [2.45, 2.75) is 25.7 Å². The van der Waals surface area contributed by atoms with Crippen LogP contribution in [0, 0.1) is 0 Å². The molecule has 0 aromatic carbocycles. The highest BCUT2D eigenvalue weighted by Crippen LogP contribution is 2.22. The largest absolute Gasteiger partial charge is 0.478 e. The zero-order valence-corrected chi connectivity index (χ0v) is 9.63. The second-order valence-electron chi connectivity index (χ2n) is 4.01. The number of aromatic carboxylic acids is 1. The topological polar surface area (TPSA) is 87.6 Å². The molecule has 2 rings (SSSR count). The van der Waals surface area contributed by atoms with Gasteiger partial charge in [-0.2, -0.15) is 0 Å². The third-order valence-electron chi connectivity index (χ3n) is 2.76. The molecule has 2 heterocycles. The van der Waals surface area contributed by atoms with E-state index in [1.54, 1.807) is 0 Å². The molecule has 18 heavy (non-hydrogen) atoms. The van der Waals surface area contributed by atoms with Crippen molar-refractivity contribution in [2.24, 2.45) is 0 Å². The Morgan fingerprint density at radius 3 is 2.39 bits per heavy atom. The predicted molar refractivity (Wildman–Crippen MR) is 62.2 cm³/mol. The lowest BCUT2D eigenvalue weighted by Gasteiger charge is -2.18. The third kappa shape index (κ3) is 2.22. The lowest BCUT2D eigenvalue weighted by atomic mass is 10.2. The van der Waals surface area contributed by atoms with Gasteiger partial charge in [0.1, 0.15) is 5.56 Å². The van der Waals surface area contributed by atoms with Gasteiger partial charge in [0, 0.05) is 19.0 Å². The number of rotatable bonds is 2. The maximum Gasteiger partial charge on any atom is 0.339 e. The van der Waals surface area contributed by atoms with E-state index >= 15 is 0 Å². The summed E-state index contributed by atoms with van der Waals surface area (Å²) < 4.78 is 0. The zero-order chi connectivity index (χ0) is 13.1. The number of carbonyl (C=O) groups excluding carboxylic acids is 2. The van der Waals surface area contributed by atoms with Gasteiger partial charge in [0.05, 0.1) is 0 Å². The molecule has 0 spiro atoms. The number of amides is 2. The fourth-order valence-electron chi connectivity index (χ4n) is 1.89. The Kier molecular flexibility index (Phi) is 3.36. The first-order valence-electron chi connectivity index (χ1n) is 5.65. The summed E-state index contributed by atoms with van der Waals surface area (Å²) in [5.74, 6) is -2.07. The molecule has 0 atom stereocenters. The molecule has 0 bridgehead atoms. The zero-order valence-electron chi connectivity index (χ0n) is 9.63. The molecule has 0 saturated carbocycles. The Morgan fingerprint density at radius 1 is 1.22 bits per heavy atom. The maximum atomic E-state index is 11.9. The average molecular weight is 248 g/mol. The summed E-state index contributed by atoms with van der Waals surface area (Å²) in [6, 6.07) is 2.79. The van der Waals surface area contributed by atoms with Gasteiger partial charge in [0.2, 0.25) is 11.8 Å². The van der Waals surface area contributed by atoms with E-state index in [9.17, 15) is 14.4 Å². The quantitative estimate of drug-likeness (QED) is 0.795. The Labute approximate surface area is 103 Å². The van der Waals surface area contributed by atoms with Crippen molar-refractivity contribution in [3.63, 3.8) is 0 Å². The van der Waals surface area contributed by atoms with Crippen molar-refractivity contribution < 1.29 is 19.5 Å². The third-order valence-corrected chi connectivity index (χ3v) is 2.76. The average Bonchev–Trinajstić information content (AvgIpc) is 2.50. The Bertz CT molecular complexity index is 495. The first kappa shape index (κ1) is 12.2. The van der Waals surface area contributed by atoms with Crippen LogP contribution < -0.4 is 4.90 Å². The molecule has 0 aliphatic carbocycles. The molecule has 1 aliphatic rings. The fraction of sp³-hybridized carbons (Fsp3) is 0.333. The lowest BCUT2D eigenvalue weighted by Crippen LogP contribution is -2.37. The molecule has 1 fully saturated rings. The van der Waals surface area contributed by atoms with Crippen LogP contribution in [0.1, 0.15) is 36.0 Å². The van der Waals surface area contributed by atoms with E-state index < -0.39 is 17.8 Å². The maximum absolute atomic E-state index is 11.9. The summed E-state index contributed by atoms with van der Waals surface area (Å²) in [6.07, 6.45) is 3.11. The molecule has 1 saturated heterocycles. The molecule has 94 valence electrons. The van der Waals surface area contributed by atoms with Gasteiger partial charge in [-0.15, -0.1) is 0 Å². The molecule has 6 nitrogen and oxygen atoms in total. The fourth-order valence-corrected chi connectivity index (χ4v) is 1.89. The molecule has 1 aliphatic heterocycles. The van der Waals surface area contributed by atoms with Crippen molar-refractivity contribution in [1.82, 2.24) is 4.98 Å². The summed E-state index contributed by atoms with van der Waals surface area (Å²) >= 11 is 0. The second-order valence-corrected chi connectivity index (χ2v) is 4.01. The highest BCUT2D eigenvalue weighted by Gasteiger charge is 2.29. The Hall–Kier alpha value is -2.24. The summed E-state index contributed by atoms with van der Waals surface area (Å²) in [5, 5.41) is 9.05. The number of carboxylic acid groups (broad SMARTS) is 1. The first-order chi connectivity index (χ1) is 8.61. The van der Waals surface area contributed by atoms with Crippen molar-refractivity contribution in [2.75, 3.05) is 4.90 Å². The van der Waals surface area contributed by atoms with Crippen LogP contribution in [0.5, 0.6) is 0 Å². The van der Waals surface area contributed by atoms with Gasteiger partial charge in [0.15, 0.2) is 5.82 Å². The highest BCUT2D eigenvalue weighted by atomic mass is 16.4. The molecule has 0 radical (unpaired) electrons. The van der Waals surface area contributed by atoms with Crippen LogP contribution in [0.3, 0.4) is 0 Å². The van der Waals surface area contributed by atoms with Crippen LogP contribution in [0.15, 0.2) is 18.3 Å². The number of aromatic nitrogens is 1. The SMILES string of the molecule is O=C(O)c1cccnc1N1C(=O)CCCCC1=O. The number of carboxylic acids is 1. The van der Waals surface area contributed by atoms with Crippen molar-refractivity contribution in [1.29, 1.82) is 0 Å². The van der Waals surface area contributed by atoms with E-state index in [0.29, 0.717) is 12.8 Å². The molecule has 1 N–H and O–H groups in total. The van der Waals surface area contributed by atoms with Gasteiger partial charge in [-0.1, -0.05) is 0 Å². The van der Waals surface area contributed by atoms with Crippen LogP contribution >= 0.6 is 0 Å². The van der Waals surface area contributed by atoms with Crippen LogP contribution in [-0.2, 0) is 9.59 Å². The van der Waals surface area contributed by atoms with E-state index in [1.165, 1.54) is 18.3 Å². The molecular weight excluding hydrogens is 236 g/mol. The first-order valence-corrected chi connectivity index (χ1v) is 5.65. The Balaban J connectivity index is 2.48. The van der Waals surface area contributed by atoms with Crippen LogP contribution in [0.25, 0.3) is 0 Å². The summed E-state index contributed by atoms with van der Waals surface area (Å²) in [5.41, 5.74) is -0.138. The van der Waals surface area contributed by atoms with Gasteiger partial charge >= 0.3 is 5.97 Å². The lowest BCUT2D eigenvalue weighted by molar-refractivity contribution is -0.125. The molecule has 1 aromatic rings. The summed E-state index contributed by atoms with van der Waals surface area (Å²) in [7, 11) is 0. The molecular formula is C12H12N2O4. The van der Waals surface area contributed by atoms with Gasteiger partial charge in [-0.05, 0) is 25.0 Å². The van der Waals surface area contributed by atoms with Crippen LogP contribution in [0.4, 0.5) is 5.82 Å². The van der Waals surface area contributed by atoms with E-state index in [1.807, 2.05) is 0 Å². The van der Waals surface area contributed by atoms with Crippen molar-refractivity contribution in [3.05, 3.63) is 23.9 Å². The molecule has 1 aromatic heterocycles. The van der Waals surface area contributed by atoms with Crippen molar-refractivity contribution >= 4 is 23.6 Å². The number of imide groups is 1. The van der Waals surface area contributed by atoms with E-state index in [4.69, 9.17) is 5.11 Å². The Morgan fingerprint density at radius 2 is 1.83 bits per heavy atom. The second kappa shape index (κ2) is 4.95. The molecule has 2 amide bonds. The van der Waals surface area contributed by atoms with Gasteiger partial charge in [-0.25, -0.2) is 14.7 Å².